The maximum Gasteiger partial charge on any atom is 0.293 e. The van der Waals surface area contributed by atoms with Crippen molar-refractivity contribution < 1.29 is 18.7 Å². The summed E-state index contributed by atoms with van der Waals surface area (Å²) in [6, 6.07) is 14.9. The molecule has 2 amide bonds. The molecular formula is C18H14FNO3S. The molecule has 0 aliphatic carbocycles. The van der Waals surface area contributed by atoms with Crippen LogP contribution in [0.2, 0.25) is 0 Å². The summed E-state index contributed by atoms with van der Waals surface area (Å²) < 4.78 is 18.2. The van der Waals surface area contributed by atoms with Crippen LogP contribution in [0.3, 0.4) is 0 Å². The molecule has 2 aromatic carbocycles. The van der Waals surface area contributed by atoms with E-state index in [4.69, 9.17) is 4.74 Å². The maximum absolute atomic E-state index is 12.8. The number of carbonyl (C=O) groups excluding carboxylic acids is 2. The van der Waals surface area contributed by atoms with Gasteiger partial charge in [0.25, 0.3) is 11.1 Å². The number of hydrogen-bond donors (Lipinski definition) is 0. The van der Waals surface area contributed by atoms with Gasteiger partial charge in [-0.1, -0.05) is 30.3 Å². The SMILES string of the molecule is O=C1S/C(=C\c2ccccc2)C(=O)N1CCOc1ccc(F)cc1. The van der Waals surface area contributed by atoms with Crippen LogP contribution in [0, 0.1) is 5.82 Å². The highest BCUT2D eigenvalue weighted by Crippen LogP contribution is 2.31. The molecule has 0 radical (unpaired) electrons. The lowest BCUT2D eigenvalue weighted by atomic mass is 10.2. The third kappa shape index (κ3) is 3.83. The number of thioether (sulfide) groups is 1. The first kappa shape index (κ1) is 16.3. The number of hydrogen-bond acceptors (Lipinski definition) is 4. The normalized spacial score (nSPS) is 16.0. The van der Waals surface area contributed by atoms with Crippen molar-refractivity contribution in [3.63, 3.8) is 0 Å². The minimum Gasteiger partial charge on any atom is -0.492 e. The average Bonchev–Trinajstić information content (AvgIpc) is 2.85. The Morgan fingerprint density at radius 1 is 1.04 bits per heavy atom. The summed E-state index contributed by atoms with van der Waals surface area (Å²) in [4.78, 5) is 25.9. The largest absolute Gasteiger partial charge is 0.492 e. The molecule has 2 aromatic rings. The molecule has 0 spiro atoms. The molecular weight excluding hydrogens is 329 g/mol. The summed E-state index contributed by atoms with van der Waals surface area (Å²) in [5.74, 6) is -0.181. The van der Waals surface area contributed by atoms with Crippen LogP contribution < -0.4 is 4.74 Å². The van der Waals surface area contributed by atoms with Crippen molar-refractivity contribution in [2.24, 2.45) is 0 Å². The Kier molecular flexibility index (Phi) is 4.96. The molecule has 0 saturated carbocycles. The van der Waals surface area contributed by atoms with E-state index in [1.807, 2.05) is 30.3 Å². The number of imide groups is 1. The van der Waals surface area contributed by atoms with Crippen LogP contribution in [0.15, 0.2) is 59.5 Å². The van der Waals surface area contributed by atoms with E-state index in [0.29, 0.717) is 10.7 Å². The van der Waals surface area contributed by atoms with Crippen LogP contribution in [-0.2, 0) is 4.79 Å². The summed E-state index contributed by atoms with van der Waals surface area (Å²) >= 11 is 0.918. The standard InChI is InChI=1S/C18H14FNO3S/c19-14-6-8-15(9-7-14)23-11-10-20-17(21)16(24-18(20)22)12-13-4-2-1-3-5-13/h1-9,12H,10-11H2/b16-12-. The first-order valence-electron chi connectivity index (χ1n) is 7.32. The molecule has 0 bridgehead atoms. The molecule has 0 unspecified atom stereocenters. The fourth-order valence-corrected chi connectivity index (χ4v) is 3.04. The molecule has 1 aliphatic heterocycles. The lowest BCUT2D eigenvalue weighted by Crippen LogP contribution is -2.32. The van der Waals surface area contributed by atoms with Gasteiger partial charge in [0.15, 0.2) is 0 Å². The summed E-state index contributed by atoms with van der Waals surface area (Å²) in [5.41, 5.74) is 0.866. The van der Waals surface area contributed by atoms with E-state index < -0.39 is 0 Å². The van der Waals surface area contributed by atoms with E-state index in [1.165, 1.54) is 24.3 Å². The lowest BCUT2D eigenvalue weighted by Gasteiger charge is -2.13. The van der Waals surface area contributed by atoms with Crippen molar-refractivity contribution in [2.45, 2.75) is 0 Å². The third-order valence-electron chi connectivity index (χ3n) is 3.37. The number of rotatable bonds is 5. The lowest BCUT2D eigenvalue weighted by molar-refractivity contribution is -0.123. The molecule has 0 atom stereocenters. The second-order valence-electron chi connectivity index (χ2n) is 5.05. The summed E-state index contributed by atoms with van der Waals surface area (Å²) in [6.07, 6.45) is 1.70. The highest BCUT2D eigenvalue weighted by molar-refractivity contribution is 8.18. The number of amides is 2. The van der Waals surface area contributed by atoms with Crippen LogP contribution in [0.1, 0.15) is 5.56 Å². The number of ether oxygens (including phenoxy) is 1. The zero-order chi connectivity index (χ0) is 16.9. The number of nitrogens with zero attached hydrogens (tertiary/aromatic N) is 1. The average molecular weight is 343 g/mol. The molecule has 1 aliphatic rings. The van der Waals surface area contributed by atoms with Crippen molar-refractivity contribution in [1.29, 1.82) is 0 Å². The van der Waals surface area contributed by atoms with Crippen LogP contribution in [0.4, 0.5) is 9.18 Å². The van der Waals surface area contributed by atoms with Gasteiger partial charge in [-0.25, -0.2) is 4.39 Å². The number of carbonyl (C=O) groups is 2. The van der Waals surface area contributed by atoms with Gasteiger partial charge in [-0.2, -0.15) is 0 Å². The summed E-state index contributed by atoms with van der Waals surface area (Å²) in [6.45, 7) is 0.302. The Bertz CT molecular complexity index is 775. The molecule has 1 saturated heterocycles. The van der Waals surface area contributed by atoms with Crippen molar-refractivity contribution >= 4 is 29.0 Å². The highest BCUT2D eigenvalue weighted by Gasteiger charge is 2.34. The Balaban J connectivity index is 1.60. The van der Waals surface area contributed by atoms with E-state index in [1.54, 1.807) is 6.08 Å². The smallest absolute Gasteiger partial charge is 0.293 e. The van der Waals surface area contributed by atoms with Gasteiger partial charge < -0.3 is 4.74 Å². The van der Waals surface area contributed by atoms with Gasteiger partial charge in [-0.15, -0.1) is 0 Å². The fraction of sp³-hybridized carbons (Fsp3) is 0.111. The van der Waals surface area contributed by atoms with Gasteiger partial charge in [0, 0.05) is 0 Å². The van der Waals surface area contributed by atoms with Gasteiger partial charge in [0.1, 0.15) is 18.2 Å². The molecule has 6 heteroatoms. The summed E-state index contributed by atoms with van der Waals surface area (Å²) in [5, 5.41) is -0.315. The fourth-order valence-electron chi connectivity index (χ4n) is 2.18. The molecule has 24 heavy (non-hydrogen) atoms. The predicted molar refractivity (Wildman–Crippen MR) is 91.0 cm³/mol. The van der Waals surface area contributed by atoms with Gasteiger partial charge in [0.2, 0.25) is 0 Å². The maximum atomic E-state index is 12.8. The van der Waals surface area contributed by atoms with Gasteiger partial charge in [0.05, 0.1) is 11.4 Å². The van der Waals surface area contributed by atoms with Crippen LogP contribution >= 0.6 is 11.8 Å². The number of halogens is 1. The first-order chi connectivity index (χ1) is 11.6. The molecule has 0 N–H and O–H groups in total. The zero-order valence-corrected chi connectivity index (χ0v) is 13.5. The van der Waals surface area contributed by atoms with E-state index in [2.05, 4.69) is 0 Å². The second kappa shape index (κ2) is 7.31. The monoisotopic (exact) mass is 343 g/mol. The first-order valence-corrected chi connectivity index (χ1v) is 8.14. The Labute approximate surface area is 142 Å². The van der Waals surface area contributed by atoms with E-state index in [-0.39, 0.29) is 30.1 Å². The van der Waals surface area contributed by atoms with Crippen LogP contribution in [-0.4, -0.2) is 29.2 Å². The Morgan fingerprint density at radius 2 is 1.75 bits per heavy atom. The van der Waals surface area contributed by atoms with Crippen LogP contribution in [0.5, 0.6) is 5.75 Å². The van der Waals surface area contributed by atoms with Crippen molar-refractivity contribution in [3.05, 3.63) is 70.9 Å². The molecule has 4 nitrogen and oxygen atoms in total. The van der Waals surface area contributed by atoms with Gasteiger partial charge in [-0.3, -0.25) is 14.5 Å². The molecule has 1 fully saturated rings. The Hall–Kier alpha value is -2.60. The quantitative estimate of drug-likeness (QED) is 0.772. The van der Waals surface area contributed by atoms with Crippen LogP contribution in [0.25, 0.3) is 6.08 Å². The predicted octanol–water partition coefficient (Wildman–Crippen LogP) is 3.94. The Morgan fingerprint density at radius 3 is 2.46 bits per heavy atom. The van der Waals surface area contributed by atoms with Crippen molar-refractivity contribution in [2.75, 3.05) is 13.2 Å². The third-order valence-corrected chi connectivity index (χ3v) is 4.28. The zero-order valence-electron chi connectivity index (χ0n) is 12.6. The van der Waals surface area contributed by atoms with Crippen molar-refractivity contribution in [1.82, 2.24) is 4.90 Å². The van der Waals surface area contributed by atoms with E-state index in [9.17, 15) is 14.0 Å². The number of benzene rings is 2. The highest BCUT2D eigenvalue weighted by atomic mass is 32.2. The molecule has 1 heterocycles. The molecule has 3 rings (SSSR count). The summed E-state index contributed by atoms with van der Waals surface area (Å²) in [7, 11) is 0. The van der Waals surface area contributed by atoms with Crippen molar-refractivity contribution in [3.8, 4) is 5.75 Å². The van der Waals surface area contributed by atoms with E-state index >= 15 is 0 Å². The van der Waals surface area contributed by atoms with E-state index in [0.717, 1.165) is 22.2 Å². The minimum absolute atomic E-state index is 0.147. The minimum atomic E-state index is -0.348. The van der Waals surface area contributed by atoms with Gasteiger partial charge in [-0.05, 0) is 47.7 Å². The molecule has 122 valence electrons. The topological polar surface area (TPSA) is 46.6 Å². The van der Waals surface area contributed by atoms with Gasteiger partial charge >= 0.3 is 0 Å². The second-order valence-corrected chi connectivity index (χ2v) is 6.04. The molecule has 0 aromatic heterocycles.